The molecule has 2 aromatic heterocycles. The van der Waals surface area contributed by atoms with Gasteiger partial charge in [0.15, 0.2) is 0 Å². The Kier molecular flexibility index (Phi) is 3.84. The number of imidazole rings is 1. The van der Waals surface area contributed by atoms with Crippen LogP contribution in [0.2, 0.25) is 0 Å². The first-order valence-electron chi connectivity index (χ1n) is 6.93. The van der Waals surface area contributed by atoms with Gasteiger partial charge in [-0.25, -0.2) is 4.98 Å². The molecule has 1 amide bonds. The van der Waals surface area contributed by atoms with E-state index in [-0.39, 0.29) is 12.5 Å². The lowest BCUT2D eigenvalue weighted by molar-refractivity contribution is -0.120. The number of aliphatic hydroxyl groups is 1. The minimum absolute atomic E-state index is 0.303. The normalized spacial score (nSPS) is 12.3. The largest absolute Gasteiger partial charge is 0.394 e. The molecule has 3 aromatic rings. The van der Waals surface area contributed by atoms with Gasteiger partial charge in [0.05, 0.1) is 30.3 Å². The molecule has 0 spiro atoms. The first kappa shape index (κ1) is 14.2. The van der Waals surface area contributed by atoms with E-state index in [4.69, 9.17) is 0 Å². The fourth-order valence-corrected chi connectivity index (χ4v) is 2.31. The second kappa shape index (κ2) is 5.95. The first-order chi connectivity index (χ1) is 10.7. The number of fused-ring (bicyclic) bond motifs is 1. The Hall–Kier alpha value is -2.73. The van der Waals surface area contributed by atoms with Gasteiger partial charge in [-0.2, -0.15) is 0 Å². The Balaban J connectivity index is 1.84. The molecule has 0 aliphatic heterocycles. The predicted octanol–water partition coefficient (Wildman–Crippen LogP) is 1.91. The minimum Gasteiger partial charge on any atom is -0.394 e. The van der Waals surface area contributed by atoms with Gasteiger partial charge in [-0.05, 0) is 25.1 Å². The number of nitrogens with one attached hydrogen (secondary N) is 1. The average molecular weight is 296 g/mol. The van der Waals surface area contributed by atoms with Crippen molar-refractivity contribution in [3.8, 4) is 0 Å². The van der Waals surface area contributed by atoms with Crippen molar-refractivity contribution in [2.24, 2.45) is 0 Å². The quantitative estimate of drug-likeness (QED) is 0.770. The molecule has 6 nitrogen and oxygen atoms in total. The third-order valence-corrected chi connectivity index (χ3v) is 3.46. The van der Waals surface area contributed by atoms with E-state index in [1.165, 1.54) is 6.33 Å². The van der Waals surface area contributed by atoms with Crippen molar-refractivity contribution in [1.29, 1.82) is 0 Å². The SMILES string of the molecule is Cc1ccc2ncc(NC(=O)[C@H](CO)n3ccnc3)cc2c1. The number of carbonyl (C=O) groups is 1. The molecule has 0 fully saturated rings. The van der Waals surface area contributed by atoms with Gasteiger partial charge in [0, 0.05) is 17.8 Å². The number of anilines is 1. The molecule has 0 saturated carbocycles. The molecule has 22 heavy (non-hydrogen) atoms. The molecule has 0 bridgehead atoms. The van der Waals surface area contributed by atoms with Crippen molar-refractivity contribution in [2.45, 2.75) is 13.0 Å². The van der Waals surface area contributed by atoms with Gasteiger partial charge in [0.2, 0.25) is 5.91 Å². The van der Waals surface area contributed by atoms with Crippen molar-refractivity contribution < 1.29 is 9.90 Å². The van der Waals surface area contributed by atoms with E-state index in [1.807, 2.05) is 31.2 Å². The van der Waals surface area contributed by atoms with E-state index in [1.54, 1.807) is 23.2 Å². The summed E-state index contributed by atoms with van der Waals surface area (Å²) in [4.78, 5) is 20.5. The molecule has 112 valence electrons. The van der Waals surface area contributed by atoms with Gasteiger partial charge in [-0.15, -0.1) is 0 Å². The fraction of sp³-hybridized carbons (Fsp3) is 0.188. The summed E-state index contributed by atoms with van der Waals surface area (Å²) < 4.78 is 1.56. The minimum atomic E-state index is -0.712. The van der Waals surface area contributed by atoms with E-state index in [9.17, 15) is 9.90 Å². The van der Waals surface area contributed by atoms with Gasteiger partial charge < -0.3 is 15.0 Å². The summed E-state index contributed by atoms with van der Waals surface area (Å²) in [6.07, 6.45) is 6.32. The molecule has 6 heteroatoms. The third kappa shape index (κ3) is 2.82. The molecule has 0 radical (unpaired) electrons. The van der Waals surface area contributed by atoms with Crippen molar-refractivity contribution >= 4 is 22.5 Å². The summed E-state index contributed by atoms with van der Waals surface area (Å²) in [5.41, 5.74) is 2.60. The monoisotopic (exact) mass is 296 g/mol. The van der Waals surface area contributed by atoms with Gasteiger partial charge in [-0.1, -0.05) is 11.6 Å². The second-order valence-electron chi connectivity index (χ2n) is 5.12. The van der Waals surface area contributed by atoms with Crippen LogP contribution in [0.4, 0.5) is 5.69 Å². The van der Waals surface area contributed by atoms with Crippen molar-refractivity contribution in [3.63, 3.8) is 0 Å². The lowest BCUT2D eigenvalue weighted by atomic mass is 10.1. The standard InChI is InChI=1S/C16H16N4O2/c1-11-2-3-14-12(6-11)7-13(8-18-14)19-16(22)15(9-21)20-5-4-17-10-20/h2-8,10,15,21H,9H2,1H3,(H,19,22)/t15-/m0/s1. The van der Waals surface area contributed by atoms with Crippen LogP contribution in [0.5, 0.6) is 0 Å². The fourth-order valence-electron chi connectivity index (χ4n) is 2.31. The first-order valence-corrected chi connectivity index (χ1v) is 6.93. The number of aliphatic hydroxyl groups excluding tert-OH is 1. The van der Waals surface area contributed by atoms with Crippen LogP contribution in [0.3, 0.4) is 0 Å². The number of pyridine rings is 1. The molecule has 2 heterocycles. The van der Waals surface area contributed by atoms with E-state index in [2.05, 4.69) is 15.3 Å². The molecule has 1 atom stereocenters. The number of benzene rings is 1. The zero-order valence-corrected chi connectivity index (χ0v) is 12.1. The van der Waals surface area contributed by atoms with Gasteiger partial charge >= 0.3 is 0 Å². The predicted molar refractivity (Wildman–Crippen MR) is 83.5 cm³/mol. The molecule has 2 N–H and O–H groups in total. The molecular weight excluding hydrogens is 280 g/mol. The number of hydrogen-bond donors (Lipinski definition) is 2. The highest BCUT2D eigenvalue weighted by Gasteiger charge is 2.19. The second-order valence-corrected chi connectivity index (χ2v) is 5.12. The van der Waals surface area contributed by atoms with E-state index >= 15 is 0 Å². The number of carbonyl (C=O) groups excluding carboxylic acids is 1. The number of rotatable bonds is 4. The molecule has 0 unspecified atom stereocenters. The molecule has 0 saturated heterocycles. The van der Waals surface area contributed by atoms with Crippen LogP contribution in [-0.2, 0) is 4.79 Å². The Morgan fingerprint density at radius 2 is 2.27 bits per heavy atom. The van der Waals surface area contributed by atoms with Gasteiger partial charge in [-0.3, -0.25) is 9.78 Å². The van der Waals surface area contributed by atoms with Crippen LogP contribution < -0.4 is 5.32 Å². The average Bonchev–Trinajstić information content (AvgIpc) is 3.01. The highest BCUT2D eigenvalue weighted by molar-refractivity contribution is 5.95. The smallest absolute Gasteiger partial charge is 0.249 e. The maximum absolute atomic E-state index is 12.3. The Morgan fingerprint density at radius 1 is 1.41 bits per heavy atom. The molecule has 3 rings (SSSR count). The molecular formula is C16H16N4O2. The number of nitrogens with zero attached hydrogens (tertiary/aromatic N) is 3. The number of aryl methyl sites for hydroxylation is 1. The number of amides is 1. The summed E-state index contributed by atoms with van der Waals surface area (Å²) in [5.74, 6) is -0.311. The van der Waals surface area contributed by atoms with Crippen molar-refractivity contribution in [2.75, 3.05) is 11.9 Å². The summed E-state index contributed by atoms with van der Waals surface area (Å²) in [6.45, 7) is 1.70. The van der Waals surface area contributed by atoms with Crippen molar-refractivity contribution in [1.82, 2.24) is 14.5 Å². The highest BCUT2D eigenvalue weighted by atomic mass is 16.3. The number of hydrogen-bond acceptors (Lipinski definition) is 4. The molecule has 1 aromatic carbocycles. The Morgan fingerprint density at radius 3 is 3.00 bits per heavy atom. The zero-order valence-electron chi connectivity index (χ0n) is 12.1. The van der Waals surface area contributed by atoms with Crippen LogP contribution in [0.15, 0.2) is 49.2 Å². The topological polar surface area (TPSA) is 80.0 Å². The van der Waals surface area contributed by atoms with E-state index in [0.29, 0.717) is 5.69 Å². The lowest BCUT2D eigenvalue weighted by Gasteiger charge is -2.15. The van der Waals surface area contributed by atoms with Gasteiger partial charge in [0.25, 0.3) is 0 Å². The van der Waals surface area contributed by atoms with Crippen LogP contribution in [0, 0.1) is 6.92 Å². The lowest BCUT2D eigenvalue weighted by Crippen LogP contribution is -2.28. The summed E-state index contributed by atoms with van der Waals surface area (Å²) >= 11 is 0. The Labute approximate surface area is 127 Å². The van der Waals surface area contributed by atoms with Crippen LogP contribution in [0.1, 0.15) is 11.6 Å². The highest BCUT2D eigenvalue weighted by Crippen LogP contribution is 2.19. The summed E-state index contributed by atoms with van der Waals surface area (Å²) in [5, 5.41) is 13.2. The van der Waals surface area contributed by atoms with Crippen LogP contribution >= 0.6 is 0 Å². The van der Waals surface area contributed by atoms with Gasteiger partial charge in [0.1, 0.15) is 6.04 Å². The molecule has 0 aliphatic rings. The number of aromatic nitrogens is 3. The van der Waals surface area contributed by atoms with Crippen LogP contribution in [0.25, 0.3) is 10.9 Å². The summed E-state index contributed by atoms with van der Waals surface area (Å²) in [6, 6.07) is 7.11. The zero-order chi connectivity index (χ0) is 15.5. The van der Waals surface area contributed by atoms with E-state index < -0.39 is 6.04 Å². The summed E-state index contributed by atoms with van der Waals surface area (Å²) in [7, 11) is 0. The Bertz CT molecular complexity index is 799. The van der Waals surface area contributed by atoms with E-state index in [0.717, 1.165) is 16.5 Å². The molecule has 0 aliphatic carbocycles. The van der Waals surface area contributed by atoms with Crippen molar-refractivity contribution in [3.05, 3.63) is 54.7 Å². The maximum atomic E-state index is 12.3. The maximum Gasteiger partial charge on any atom is 0.249 e. The third-order valence-electron chi connectivity index (χ3n) is 3.46. The van der Waals surface area contributed by atoms with Crippen LogP contribution in [-0.4, -0.2) is 32.2 Å².